The quantitative estimate of drug-likeness (QED) is 0.612. The molecule has 170 valence electrons. The smallest absolute Gasteiger partial charge is 0.407 e. The lowest BCUT2D eigenvalue weighted by Gasteiger charge is -2.39. The van der Waals surface area contributed by atoms with E-state index in [1.807, 2.05) is 0 Å². The zero-order chi connectivity index (χ0) is 22.9. The Balaban J connectivity index is 1.68. The summed E-state index contributed by atoms with van der Waals surface area (Å²) in [4.78, 5) is 20.0. The average molecular weight is 441 g/mol. The number of hydrogen-bond donors (Lipinski definition) is 2. The molecule has 7 nitrogen and oxygen atoms in total. The van der Waals surface area contributed by atoms with Crippen LogP contribution in [0.1, 0.15) is 49.1 Å². The molecule has 8 heteroatoms. The summed E-state index contributed by atoms with van der Waals surface area (Å²) in [7, 11) is 0. The number of aliphatic hydroxyl groups excluding tert-OH is 1. The van der Waals surface area contributed by atoms with Gasteiger partial charge < -0.3 is 20.0 Å². The van der Waals surface area contributed by atoms with Crippen molar-refractivity contribution in [2.24, 2.45) is 0 Å². The molecule has 3 rings (SSSR count). The summed E-state index contributed by atoms with van der Waals surface area (Å²) in [6, 6.07) is 11.7. The number of benzene rings is 1. The maximum atomic E-state index is 13.3. The number of aliphatic hydroxyl groups is 1. The molecule has 1 fully saturated rings. The van der Waals surface area contributed by atoms with E-state index in [1.54, 1.807) is 24.3 Å². The van der Waals surface area contributed by atoms with Gasteiger partial charge in [-0.15, -0.1) is 0 Å². The van der Waals surface area contributed by atoms with E-state index in [4.69, 9.17) is 5.26 Å². The standard InChI is InChI=1S/C24H29FN4O3/c25-21-8-6-20(7-9-21)19(3-2-14-30)11-13-29(24(31)32)22-4-1-12-28(17-22)23-10-5-18(15-26)16-27-23/h5-10,16,19,22,30H,1-4,11-14,17H2,(H,31,32)/t19-,22-/m0/s1. The van der Waals surface area contributed by atoms with Crippen LogP contribution in [0, 0.1) is 17.1 Å². The van der Waals surface area contributed by atoms with E-state index in [-0.39, 0.29) is 24.4 Å². The number of hydrogen-bond acceptors (Lipinski definition) is 5. The minimum absolute atomic E-state index is 0.0458. The lowest BCUT2D eigenvalue weighted by molar-refractivity contribution is 0.116. The SMILES string of the molecule is N#Cc1ccc(N2CCC[C@H](N(CC[C@H](CCCO)c3ccc(F)cc3)C(=O)O)C2)nc1. The molecule has 0 radical (unpaired) electrons. The van der Waals surface area contributed by atoms with Gasteiger partial charge in [0.2, 0.25) is 0 Å². The highest BCUT2D eigenvalue weighted by atomic mass is 19.1. The van der Waals surface area contributed by atoms with E-state index >= 15 is 0 Å². The molecule has 32 heavy (non-hydrogen) atoms. The van der Waals surface area contributed by atoms with Crippen molar-refractivity contribution in [1.82, 2.24) is 9.88 Å². The fraction of sp³-hybridized carbons (Fsp3) is 0.458. The minimum atomic E-state index is -0.954. The third kappa shape index (κ3) is 6.17. The molecule has 1 amide bonds. The average Bonchev–Trinajstić information content (AvgIpc) is 2.82. The summed E-state index contributed by atoms with van der Waals surface area (Å²) in [6.07, 6.45) is 4.12. The second-order valence-electron chi connectivity index (χ2n) is 8.14. The Morgan fingerprint density at radius 3 is 2.69 bits per heavy atom. The number of pyridine rings is 1. The van der Waals surface area contributed by atoms with Gasteiger partial charge in [-0.2, -0.15) is 5.26 Å². The van der Waals surface area contributed by atoms with E-state index < -0.39 is 6.09 Å². The number of carboxylic acid groups (broad SMARTS) is 1. The van der Waals surface area contributed by atoms with Gasteiger partial charge in [0.05, 0.1) is 11.6 Å². The molecular formula is C24H29FN4O3. The van der Waals surface area contributed by atoms with Crippen molar-refractivity contribution in [3.8, 4) is 6.07 Å². The van der Waals surface area contributed by atoms with Gasteiger partial charge in [0, 0.05) is 32.4 Å². The van der Waals surface area contributed by atoms with E-state index in [0.29, 0.717) is 37.9 Å². The van der Waals surface area contributed by atoms with Crippen LogP contribution in [0.15, 0.2) is 42.6 Å². The molecule has 0 unspecified atom stereocenters. The molecule has 0 bridgehead atoms. The van der Waals surface area contributed by atoms with Gasteiger partial charge in [-0.25, -0.2) is 14.2 Å². The Hall–Kier alpha value is -3.18. The Morgan fingerprint density at radius 1 is 1.28 bits per heavy atom. The second-order valence-corrected chi connectivity index (χ2v) is 8.14. The van der Waals surface area contributed by atoms with Crippen LogP contribution in [0.3, 0.4) is 0 Å². The van der Waals surface area contributed by atoms with E-state index in [2.05, 4.69) is 16.0 Å². The van der Waals surface area contributed by atoms with Gasteiger partial charge >= 0.3 is 6.09 Å². The molecule has 1 saturated heterocycles. The van der Waals surface area contributed by atoms with Crippen molar-refractivity contribution in [3.63, 3.8) is 0 Å². The van der Waals surface area contributed by atoms with Gasteiger partial charge in [-0.3, -0.25) is 0 Å². The highest BCUT2D eigenvalue weighted by Gasteiger charge is 2.29. The van der Waals surface area contributed by atoms with Crippen molar-refractivity contribution in [2.75, 3.05) is 31.1 Å². The van der Waals surface area contributed by atoms with Crippen LogP contribution in [-0.4, -0.2) is 58.5 Å². The van der Waals surface area contributed by atoms with Crippen LogP contribution in [0.4, 0.5) is 15.0 Å². The first-order valence-corrected chi connectivity index (χ1v) is 11.0. The monoisotopic (exact) mass is 440 g/mol. The van der Waals surface area contributed by atoms with Crippen LogP contribution in [-0.2, 0) is 0 Å². The van der Waals surface area contributed by atoms with Crippen LogP contribution in [0.5, 0.6) is 0 Å². The Kier molecular flexibility index (Phi) is 8.40. The summed E-state index contributed by atoms with van der Waals surface area (Å²) in [5.74, 6) is 0.483. The van der Waals surface area contributed by atoms with E-state index in [0.717, 1.165) is 30.8 Å². The Bertz CT molecular complexity index is 914. The maximum Gasteiger partial charge on any atom is 0.407 e. The molecule has 0 aliphatic carbocycles. The summed E-state index contributed by atoms with van der Waals surface area (Å²) in [5.41, 5.74) is 1.45. The van der Waals surface area contributed by atoms with E-state index in [1.165, 1.54) is 23.2 Å². The van der Waals surface area contributed by atoms with Crippen molar-refractivity contribution >= 4 is 11.9 Å². The molecule has 0 spiro atoms. The first-order valence-electron chi connectivity index (χ1n) is 11.0. The Morgan fingerprint density at radius 2 is 2.06 bits per heavy atom. The number of carbonyl (C=O) groups is 1. The minimum Gasteiger partial charge on any atom is -0.465 e. The summed E-state index contributed by atoms with van der Waals surface area (Å²) >= 11 is 0. The lowest BCUT2D eigenvalue weighted by Crippen LogP contribution is -2.50. The number of amides is 1. The molecule has 1 aliphatic heterocycles. The van der Waals surface area contributed by atoms with Crippen molar-refractivity contribution in [3.05, 3.63) is 59.5 Å². The van der Waals surface area contributed by atoms with Crippen LogP contribution < -0.4 is 4.90 Å². The molecule has 2 N–H and O–H groups in total. The number of nitriles is 1. The highest BCUT2D eigenvalue weighted by molar-refractivity contribution is 5.65. The van der Waals surface area contributed by atoms with Gasteiger partial charge in [-0.1, -0.05) is 12.1 Å². The van der Waals surface area contributed by atoms with Crippen LogP contribution >= 0.6 is 0 Å². The Labute approximate surface area is 187 Å². The molecule has 1 aliphatic rings. The number of rotatable bonds is 9. The number of piperidine rings is 1. The molecule has 2 heterocycles. The molecule has 1 aromatic heterocycles. The summed E-state index contributed by atoms with van der Waals surface area (Å²) < 4.78 is 13.3. The molecule has 2 atom stereocenters. The topological polar surface area (TPSA) is 101 Å². The van der Waals surface area contributed by atoms with Crippen molar-refractivity contribution < 1.29 is 19.4 Å². The predicted octanol–water partition coefficient (Wildman–Crippen LogP) is 3.99. The van der Waals surface area contributed by atoms with Gasteiger partial charge in [0.1, 0.15) is 17.7 Å². The number of anilines is 1. The largest absolute Gasteiger partial charge is 0.465 e. The maximum absolute atomic E-state index is 13.3. The lowest BCUT2D eigenvalue weighted by atomic mass is 9.90. The van der Waals surface area contributed by atoms with Crippen LogP contribution in [0.25, 0.3) is 0 Å². The van der Waals surface area contributed by atoms with Gasteiger partial charge in [-0.05, 0) is 67.9 Å². The van der Waals surface area contributed by atoms with Crippen molar-refractivity contribution in [1.29, 1.82) is 5.26 Å². The molecular weight excluding hydrogens is 411 g/mol. The summed E-state index contributed by atoms with van der Waals surface area (Å²) in [6.45, 7) is 1.76. The fourth-order valence-electron chi connectivity index (χ4n) is 4.34. The normalized spacial score (nSPS) is 16.9. The number of aromatic nitrogens is 1. The molecule has 2 aromatic rings. The van der Waals surface area contributed by atoms with Crippen molar-refractivity contribution in [2.45, 2.75) is 44.1 Å². The third-order valence-electron chi connectivity index (χ3n) is 6.05. The highest BCUT2D eigenvalue weighted by Crippen LogP contribution is 2.27. The first kappa shape index (κ1) is 23.5. The molecule has 1 aromatic carbocycles. The molecule has 0 saturated carbocycles. The predicted molar refractivity (Wildman–Crippen MR) is 119 cm³/mol. The summed E-state index contributed by atoms with van der Waals surface area (Å²) in [5, 5.41) is 28.1. The third-order valence-corrected chi connectivity index (χ3v) is 6.05. The zero-order valence-corrected chi connectivity index (χ0v) is 18.0. The van der Waals surface area contributed by atoms with Crippen LogP contribution in [0.2, 0.25) is 0 Å². The number of halogens is 1. The van der Waals surface area contributed by atoms with Gasteiger partial charge in [0.25, 0.3) is 0 Å². The fourth-order valence-corrected chi connectivity index (χ4v) is 4.34. The second kappa shape index (κ2) is 11.4. The zero-order valence-electron chi connectivity index (χ0n) is 18.0. The van der Waals surface area contributed by atoms with Gasteiger partial charge in [0.15, 0.2) is 0 Å². The first-order chi connectivity index (χ1) is 15.5. The number of nitrogens with zero attached hydrogens (tertiary/aromatic N) is 4. The van der Waals surface area contributed by atoms with E-state index in [9.17, 15) is 19.4 Å².